The summed E-state index contributed by atoms with van der Waals surface area (Å²) in [5.74, 6) is -2.01. The van der Waals surface area contributed by atoms with Gasteiger partial charge in [-0.05, 0) is 42.6 Å². The van der Waals surface area contributed by atoms with Crippen LogP contribution in [0.1, 0.15) is 33.0 Å². The van der Waals surface area contributed by atoms with Gasteiger partial charge in [0.1, 0.15) is 5.25 Å². The van der Waals surface area contributed by atoms with Crippen molar-refractivity contribution in [3.63, 3.8) is 0 Å². The number of benzene rings is 1. The summed E-state index contributed by atoms with van der Waals surface area (Å²) in [4.78, 5) is 56.3. The molecule has 2 aliphatic heterocycles. The molecule has 3 atom stereocenters. The van der Waals surface area contributed by atoms with E-state index in [9.17, 15) is 19.2 Å². The maximum Gasteiger partial charge on any atom is 0.338 e. The van der Waals surface area contributed by atoms with Gasteiger partial charge in [-0.15, -0.1) is 11.3 Å². The van der Waals surface area contributed by atoms with Crippen molar-refractivity contribution in [1.29, 1.82) is 0 Å². The van der Waals surface area contributed by atoms with Gasteiger partial charge in [0.25, 0.3) is 0 Å². The smallest absolute Gasteiger partial charge is 0.338 e. The third-order valence-corrected chi connectivity index (χ3v) is 8.67. The summed E-state index contributed by atoms with van der Waals surface area (Å²) < 4.78 is 4.99. The van der Waals surface area contributed by atoms with Gasteiger partial charge in [-0.25, -0.2) is 9.69 Å². The van der Waals surface area contributed by atoms with Crippen molar-refractivity contribution in [3.05, 3.63) is 66.8 Å². The van der Waals surface area contributed by atoms with Crippen LogP contribution in [0, 0.1) is 5.92 Å². The van der Waals surface area contributed by atoms with Crippen LogP contribution in [0.15, 0.2) is 51.6 Å². The second kappa shape index (κ2) is 7.77. The molecular weight excluding hydrogens is 456 g/mol. The Hall–Kier alpha value is -2.69. The van der Waals surface area contributed by atoms with Gasteiger partial charge in [0.05, 0.1) is 28.8 Å². The fourth-order valence-corrected chi connectivity index (χ4v) is 7.47. The van der Waals surface area contributed by atoms with E-state index >= 15 is 0 Å². The second-order valence-corrected chi connectivity index (χ2v) is 10.2. The van der Waals surface area contributed by atoms with Crippen molar-refractivity contribution in [2.45, 2.75) is 23.1 Å². The minimum atomic E-state index is -0.623. The number of carbonyl (C=O) groups is 3. The van der Waals surface area contributed by atoms with Gasteiger partial charge in [-0.2, -0.15) is 0 Å². The minimum absolute atomic E-state index is 0.190. The van der Waals surface area contributed by atoms with E-state index in [2.05, 4.69) is 4.98 Å². The zero-order chi connectivity index (χ0) is 21.7. The van der Waals surface area contributed by atoms with Gasteiger partial charge in [0.2, 0.25) is 11.8 Å². The van der Waals surface area contributed by atoms with Gasteiger partial charge in [0, 0.05) is 15.7 Å². The normalized spacial score (nSPS) is 22.4. The standard InChI is InChI=1S/C21H16N2O5S3/c1-2-28-20(26)10-5-7-11(8-6-10)23-18(24)14-13(12-4-3-9-29-12)15-17(22-21(27)31-15)30-16(14)19(23)25/h3-9,13-14,16H,2H2,1H3,(H,22,27)/t13-,14?,16?/m1/s1. The summed E-state index contributed by atoms with van der Waals surface area (Å²) in [6, 6.07) is 10.1. The van der Waals surface area contributed by atoms with Gasteiger partial charge in [0.15, 0.2) is 0 Å². The molecule has 1 saturated heterocycles. The number of thioether (sulfide) groups is 1. The Kier molecular flexibility index (Phi) is 5.07. The monoisotopic (exact) mass is 472 g/mol. The molecule has 2 aromatic heterocycles. The molecule has 0 bridgehead atoms. The number of rotatable bonds is 4. The van der Waals surface area contributed by atoms with Gasteiger partial charge < -0.3 is 9.72 Å². The van der Waals surface area contributed by atoms with Crippen molar-refractivity contribution < 1.29 is 19.1 Å². The first-order valence-electron chi connectivity index (χ1n) is 9.57. The number of ether oxygens (including phenoxy) is 1. The molecule has 2 aliphatic rings. The number of H-pyrrole nitrogens is 1. The van der Waals surface area contributed by atoms with Crippen LogP contribution in [0.5, 0.6) is 0 Å². The first-order chi connectivity index (χ1) is 15.0. The van der Waals surface area contributed by atoms with Crippen LogP contribution < -0.4 is 9.77 Å². The van der Waals surface area contributed by atoms with E-state index in [1.54, 1.807) is 31.2 Å². The summed E-state index contributed by atoms with van der Waals surface area (Å²) in [5, 5.41) is 1.96. The number of thiophene rings is 1. The number of esters is 1. The van der Waals surface area contributed by atoms with Crippen LogP contribution in [-0.4, -0.2) is 34.6 Å². The number of aromatic amines is 1. The van der Waals surface area contributed by atoms with Crippen molar-refractivity contribution >= 4 is 57.9 Å². The van der Waals surface area contributed by atoms with Crippen molar-refractivity contribution in [3.8, 4) is 0 Å². The zero-order valence-electron chi connectivity index (χ0n) is 16.2. The summed E-state index contributed by atoms with van der Waals surface area (Å²) in [6.45, 7) is 1.99. The predicted octanol–water partition coefficient (Wildman–Crippen LogP) is 3.47. The number of hydrogen-bond donors (Lipinski definition) is 1. The Balaban J connectivity index is 1.53. The highest BCUT2D eigenvalue weighted by atomic mass is 32.2. The lowest BCUT2D eigenvalue weighted by Gasteiger charge is -2.28. The van der Waals surface area contributed by atoms with Crippen LogP contribution in [0.25, 0.3) is 0 Å². The number of nitrogens with zero attached hydrogens (tertiary/aromatic N) is 1. The molecule has 0 aliphatic carbocycles. The largest absolute Gasteiger partial charge is 0.462 e. The number of carbonyl (C=O) groups excluding carboxylic acids is 3. The molecule has 1 N–H and O–H groups in total. The molecule has 0 radical (unpaired) electrons. The molecule has 31 heavy (non-hydrogen) atoms. The van der Waals surface area contributed by atoms with Crippen LogP contribution in [0.2, 0.25) is 0 Å². The number of fused-ring (bicyclic) bond motifs is 2. The van der Waals surface area contributed by atoms with Crippen LogP contribution >= 0.6 is 34.4 Å². The molecular formula is C21H16N2O5S3. The maximum absolute atomic E-state index is 13.5. The minimum Gasteiger partial charge on any atom is -0.462 e. The molecule has 0 saturated carbocycles. The highest BCUT2D eigenvalue weighted by molar-refractivity contribution is 8.00. The molecule has 2 amide bonds. The summed E-state index contributed by atoms with van der Waals surface area (Å²) >= 11 is 3.85. The predicted molar refractivity (Wildman–Crippen MR) is 119 cm³/mol. The number of hydrogen-bond acceptors (Lipinski definition) is 8. The quantitative estimate of drug-likeness (QED) is 0.461. The van der Waals surface area contributed by atoms with E-state index < -0.39 is 17.1 Å². The number of anilines is 1. The fourth-order valence-electron chi connectivity index (χ4n) is 4.01. The SMILES string of the molecule is CCOC(=O)c1ccc(N2C(=O)C3Sc4[nH]c(=O)sc4[C@H](c4cccs4)C3C2=O)cc1. The van der Waals surface area contributed by atoms with E-state index in [4.69, 9.17) is 4.74 Å². The topological polar surface area (TPSA) is 96.5 Å². The average molecular weight is 473 g/mol. The van der Waals surface area contributed by atoms with Crippen molar-refractivity contribution in [2.24, 2.45) is 5.92 Å². The summed E-state index contributed by atoms with van der Waals surface area (Å²) in [5.41, 5.74) is 0.771. The van der Waals surface area contributed by atoms with Crippen LogP contribution in [-0.2, 0) is 14.3 Å². The molecule has 5 rings (SSSR count). The Labute approximate surface area is 189 Å². The number of nitrogens with one attached hydrogen (secondary N) is 1. The third kappa shape index (κ3) is 3.26. The van der Waals surface area contributed by atoms with E-state index in [0.717, 1.165) is 21.1 Å². The molecule has 1 aromatic carbocycles. The molecule has 2 unspecified atom stereocenters. The zero-order valence-corrected chi connectivity index (χ0v) is 18.6. The van der Waals surface area contributed by atoms with Crippen LogP contribution in [0.3, 0.4) is 0 Å². The molecule has 3 aromatic rings. The lowest BCUT2D eigenvalue weighted by atomic mass is 9.87. The molecule has 1 fully saturated rings. The van der Waals surface area contributed by atoms with Gasteiger partial charge in [-0.1, -0.05) is 29.2 Å². The highest BCUT2D eigenvalue weighted by Gasteiger charge is 2.56. The third-order valence-electron chi connectivity index (χ3n) is 5.31. The number of amides is 2. The lowest BCUT2D eigenvalue weighted by molar-refractivity contribution is -0.122. The Morgan fingerprint density at radius 1 is 1.13 bits per heavy atom. The van der Waals surface area contributed by atoms with Gasteiger partial charge in [-0.3, -0.25) is 14.4 Å². The Morgan fingerprint density at radius 3 is 2.58 bits per heavy atom. The van der Waals surface area contributed by atoms with Gasteiger partial charge >= 0.3 is 10.8 Å². The number of imide groups is 1. The molecule has 0 spiro atoms. The van der Waals surface area contributed by atoms with E-state index in [1.165, 1.54) is 28.0 Å². The van der Waals surface area contributed by atoms with E-state index in [-0.39, 0.29) is 29.2 Å². The van der Waals surface area contributed by atoms with Crippen LogP contribution in [0.4, 0.5) is 5.69 Å². The summed E-state index contributed by atoms with van der Waals surface area (Å²) in [7, 11) is 0. The number of thiazole rings is 1. The fraction of sp³-hybridized carbons (Fsp3) is 0.238. The molecule has 10 heteroatoms. The van der Waals surface area contributed by atoms with E-state index in [0.29, 0.717) is 16.3 Å². The second-order valence-electron chi connectivity index (χ2n) is 7.04. The Bertz CT molecular complexity index is 1230. The van der Waals surface area contributed by atoms with Crippen molar-refractivity contribution in [1.82, 2.24) is 4.98 Å². The summed E-state index contributed by atoms with van der Waals surface area (Å²) in [6.07, 6.45) is 0. The van der Waals surface area contributed by atoms with E-state index in [1.807, 2.05) is 17.5 Å². The first-order valence-corrected chi connectivity index (χ1v) is 12.1. The maximum atomic E-state index is 13.5. The Morgan fingerprint density at radius 2 is 1.90 bits per heavy atom. The average Bonchev–Trinajstić information content (AvgIpc) is 3.46. The molecule has 7 nitrogen and oxygen atoms in total. The molecule has 4 heterocycles. The van der Waals surface area contributed by atoms with Crippen molar-refractivity contribution in [2.75, 3.05) is 11.5 Å². The highest BCUT2D eigenvalue weighted by Crippen LogP contribution is 2.53. The number of aromatic nitrogens is 1. The molecule has 158 valence electrons. The first kappa shape index (κ1) is 20.2. The lowest BCUT2D eigenvalue weighted by Crippen LogP contribution is -2.32.